The van der Waals surface area contributed by atoms with Gasteiger partial charge < -0.3 is 10.3 Å². The number of nitrogen functional groups attached to an aromatic ring is 1. The molecule has 2 heterocycles. The first kappa shape index (κ1) is 11.5. The van der Waals surface area contributed by atoms with Gasteiger partial charge in [-0.1, -0.05) is 30.3 Å². The Morgan fingerprint density at radius 3 is 2.63 bits per heavy atom. The van der Waals surface area contributed by atoms with Crippen molar-refractivity contribution in [3.63, 3.8) is 0 Å². The molecule has 0 saturated heterocycles. The van der Waals surface area contributed by atoms with Gasteiger partial charge in [0, 0.05) is 30.7 Å². The molecule has 2 aromatic heterocycles. The molecule has 0 aliphatic heterocycles. The van der Waals surface area contributed by atoms with Gasteiger partial charge in [-0.2, -0.15) is 0 Å². The Kier molecular flexibility index (Phi) is 2.98. The summed E-state index contributed by atoms with van der Waals surface area (Å²) >= 11 is 0. The zero-order valence-corrected chi connectivity index (χ0v) is 10.4. The summed E-state index contributed by atoms with van der Waals surface area (Å²) in [6, 6.07) is 14.0. The minimum Gasteiger partial charge on any atom is -0.384 e. The summed E-state index contributed by atoms with van der Waals surface area (Å²) in [6.07, 6.45) is 5.51. The quantitative estimate of drug-likeness (QED) is 0.777. The van der Waals surface area contributed by atoms with Crippen LogP contribution in [0.1, 0.15) is 5.56 Å². The van der Waals surface area contributed by atoms with Gasteiger partial charge in [0.15, 0.2) is 0 Å². The van der Waals surface area contributed by atoms with Crippen molar-refractivity contribution in [3.05, 3.63) is 66.6 Å². The van der Waals surface area contributed by atoms with Gasteiger partial charge in [-0.05, 0) is 17.7 Å². The standard InChI is InChI=1S/C15H14N4/c16-14-10-12(6-7-17-14)11-19-9-8-18-15(19)13-4-2-1-3-5-13/h1-10H,11H2,(H2,16,17). The first-order valence-corrected chi connectivity index (χ1v) is 6.10. The van der Waals surface area contributed by atoms with Crippen LogP contribution in [0.3, 0.4) is 0 Å². The maximum atomic E-state index is 5.70. The summed E-state index contributed by atoms with van der Waals surface area (Å²) in [5, 5.41) is 0. The predicted molar refractivity (Wildman–Crippen MR) is 75.4 cm³/mol. The van der Waals surface area contributed by atoms with Crippen LogP contribution in [0.2, 0.25) is 0 Å². The highest BCUT2D eigenvalue weighted by Gasteiger charge is 2.06. The minimum absolute atomic E-state index is 0.541. The van der Waals surface area contributed by atoms with Crippen molar-refractivity contribution < 1.29 is 0 Å². The average Bonchev–Trinajstić information content (AvgIpc) is 2.88. The van der Waals surface area contributed by atoms with E-state index in [1.165, 1.54) is 0 Å². The van der Waals surface area contributed by atoms with E-state index in [2.05, 4.69) is 26.7 Å². The number of anilines is 1. The molecule has 0 fully saturated rings. The van der Waals surface area contributed by atoms with E-state index in [4.69, 9.17) is 5.73 Å². The van der Waals surface area contributed by atoms with Gasteiger partial charge in [0.25, 0.3) is 0 Å². The third kappa shape index (κ3) is 2.47. The molecular weight excluding hydrogens is 236 g/mol. The van der Waals surface area contributed by atoms with Crippen molar-refractivity contribution in [3.8, 4) is 11.4 Å². The van der Waals surface area contributed by atoms with Gasteiger partial charge in [-0.3, -0.25) is 0 Å². The Bertz CT molecular complexity index is 673. The Morgan fingerprint density at radius 1 is 1.00 bits per heavy atom. The van der Waals surface area contributed by atoms with Crippen LogP contribution in [0.25, 0.3) is 11.4 Å². The summed E-state index contributed by atoms with van der Waals surface area (Å²) in [5.41, 5.74) is 7.92. The second-order valence-electron chi connectivity index (χ2n) is 4.33. The molecule has 1 aromatic carbocycles. The van der Waals surface area contributed by atoms with Crippen molar-refractivity contribution in [2.45, 2.75) is 6.54 Å². The SMILES string of the molecule is Nc1cc(Cn2ccnc2-c2ccccc2)ccn1. The first-order valence-electron chi connectivity index (χ1n) is 6.10. The van der Waals surface area contributed by atoms with Crippen molar-refractivity contribution in [2.24, 2.45) is 0 Å². The number of aromatic nitrogens is 3. The third-order valence-electron chi connectivity index (χ3n) is 2.95. The third-order valence-corrected chi connectivity index (χ3v) is 2.95. The molecule has 0 atom stereocenters. The van der Waals surface area contributed by atoms with Crippen LogP contribution in [-0.2, 0) is 6.54 Å². The molecule has 3 rings (SSSR count). The minimum atomic E-state index is 0.541. The molecule has 19 heavy (non-hydrogen) atoms. The maximum Gasteiger partial charge on any atom is 0.140 e. The summed E-state index contributed by atoms with van der Waals surface area (Å²) in [6.45, 7) is 0.733. The van der Waals surface area contributed by atoms with Gasteiger partial charge in [0.1, 0.15) is 11.6 Å². The molecule has 3 aromatic rings. The van der Waals surface area contributed by atoms with Crippen LogP contribution in [0.5, 0.6) is 0 Å². The van der Waals surface area contributed by atoms with Gasteiger partial charge in [0.2, 0.25) is 0 Å². The lowest BCUT2D eigenvalue weighted by Gasteiger charge is -2.08. The Balaban J connectivity index is 1.93. The molecule has 2 N–H and O–H groups in total. The predicted octanol–water partition coefficient (Wildman–Crippen LogP) is 2.58. The lowest BCUT2D eigenvalue weighted by atomic mass is 10.2. The van der Waals surface area contributed by atoms with Gasteiger partial charge in [0.05, 0.1) is 0 Å². The highest BCUT2D eigenvalue weighted by Crippen LogP contribution is 2.18. The number of hydrogen-bond acceptors (Lipinski definition) is 3. The fraction of sp³-hybridized carbons (Fsp3) is 0.0667. The highest BCUT2D eigenvalue weighted by atomic mass is 15.1. The fourth-order valence-corrected chi connectivity index (χ4v) is 2.07. The topological polar surface area (TPSA) is 56.7 Å². The fourth-order valence-electron chi connectivity index (χ4n) is 2.07. The lowest BCUT2D eigenvalue weighted by Crippen LogP contribution is -2.02. The average molecular weight is 250 g/mol. The van der Waals surface area contributed by atoms with Crippen molar-refractivity contribution in [1.82, 2.24) is 14.5 Å². The Morgan fingerprint density at radius 2 is 1.84 bits per heavy atom. The van der Waals surface area contributed by atoms with Gasteiger partial charge in [-0.25, -0.2) is 9.97 Å². The van der Waals surface area contributed by atoms with E-state index in [1.54, 1.807) is 6.20 Å². The Hall–Kier alpha value is -2.62. The number of nitrogens with two attached hydrogens (primary N) is 1. The normalized spacial score (nSPS) is 10.5. The van der Waals surface area contributed by atoms with E-state index in [-0.39, 0.29) is 0 Å². The van der Waals surface area contributed by atoms with E-state index in [0.29, 0.717) is 5.82 Å². The van der Waals surface area contributed by atoms with Crippen molar-refractivity contribution in [1.29, 1.82) is 0 Å². The first-order chi connectivity index (χ1) is 9.33. The number of pyridine rings is 1. The summed E-state index contributed by atoms with van der Waals surface area (Å²) in [7, 11) is 0. The van der Waals surface area contributed by atoms with Crippen LogP contribution in [0.15, 0.2) is 61.1 Å². The maximum absolute atomic E-state index is 5.70. The molecule has 0 aliphatic rings. The Labute approximate surface area is 111 Å². The van der Waals surface area contributed by atoms with Crippen molar-refractivity contribution >= 4 is 5.82 Å². The molecule has 0 saturated carbocycles. The molecule has 0 bridgehead atoms. The van der Waals surface area contributed by atoms with E-state index in [9.17, 15) is 0 Å². The van der Waals surface area contributed by atoms with Crippen LogP contribution in [0.4, 0.5) is 5.82 Å². The van der Waals surface area contributed by atoms with Gasteiger partial charge >= 0.3 is 0 Å². The smallest absolute Gasteiger partial charge is 0.140 e. The zero-order chi connectivity index (χ0) is 13.1. The number of hydrogen-bond donors (Lipinski definition) is 1. The lowest BCUT2D eigenvalue weighted by molar-refractivity contribution is 0.806. The largest absolute Gasteiger partial charge is 0.384 e. The van der Waals surface area contributed by atoms with E-state index in [0.717, 1.165) is 23.5 Å². The monoisotopic (exact) mass is 250 g/mol. The number of imidazole rings is 1. The van der Waals surface area contributed by atoms with Crippen LogP contribution >= 0.6 is 0 Å². The number of benzene rings is 1. The summed E-state index contributed by atoms with van der Waals surface area (Å²) in [5.74, 6) is 1.50. The second-order valence-corrected chi connectivity index (χ2v) is 4.33. The number of nitrogens with zero attached hydrogens (tertiary/aromatic N) is 3. The van der Waals surface area contributed by atoms with Crippen LogP contribution < -0.4 is 5.73 Å². The highest BCUT2D eigenvalue weighted by molar-refractivity contribution is 5.55. The molecule has 0 radical (unpaired) electrons. The molecular formula is C15H14N4. The molecule has 0 amide bonds. The number of rotatable bonds is 3. The molecule has 4 nitrogen and oxygen atoms in total. The summed E-state index contributed by atoms with van der Waals surface area (Å²) < 4.78 is 2.10. The van der Waals surface area contributed by atoms with E-state index in [1.807, 2.05) is 42.7 Å². The van der Waals surface area contributed by atoms with Gasteiger partial charge in [-0.15, -0.1) is 0 Å². The van der Waals surface area contributed by atoms with E-state index >= 15 is 0 Å². The van der Waals surface area contributed by atoms with Crippen LogP contribution in [0, 0.1) is 0 Å². The molecule has 0 spiro atoms. The summed E-state index contributed by atoms with van der Waals surface area (Å²) in [4.78, 5) is 8.42. The van der Waals surface area contributed by atoms with E-state index < -0.39 is 0 Å². The molecule has 0 aliphatic carbocycles. The molecule has 0 unspecified atom stereocenters. The second kappa shape index (κ2) is 4.94. The zero-order valence-electron chi connectivity index (χ0n) is 10.4. The van der Waals surface area contributed by atoms with Crippen molar-refractivity contribution in [2.75, 3.05) is 5.73 Å². The molecule has 94 valence electrons. The molecule has 4 heteroatoms. The van der Waals surface area contributed by atoms with Crippen LogP contribution in [-0.4, -0.2) is 14.5 Å².